The first kappa shape index (κ1) is 16.4. The minimum Gasteiger partial charge on any atom is -0.462 e. The Hall–Kier alpha value is -0.620. The van der Waals surface area contributed by atoms with Gasteiger partial charge in [0, 0.05) is 6.04 Å². The van der Waals surface area contributed by atoms with Gasteiger partial charge >= 0.3 is 5.97 Å². The Morgan fingerprint density at radius 2 is 1.79 bits per heavy atom. The molecule has 0 atom stereocenters. The Morgan fingerprint density at radius 3 is 2.21 bits per heavy atom. The molecule has 0 aliphatic heterocycles. The monoisotopic (exact) mass is 291 g/mol. The van der Waals surface area contributed by atoms with Gasteiger partial charge in [-0.2, -0.15) is 0 Å². The zero-order chi connectivity index (χ0) is 14.7. The molecular weight excluding hydrogens is 266 g/mol. The van der Waals surface area contributed by atoms with Crippen molar-refractivity contribution in [1.29, 1.82) is 0 Å². The third-order valence-corrected chi connectivity index (χ3v) is 4.53. The van der Waals surface area contributed by atoms with Gasteiger partial charge in [-0.15, -0.1) is 0 Å². The SMILES string of the molecule is CCC(C)(C)C(=O)OC1CCC(NS(C)(=O)=O)CC1. The molecule has 1 N–H and O–H groups in total. The molecule has 0 aromatic heterocycles. The summed E-state index contributed by atoms with van der Waals surface area (Å²) in [5.74, 6) is -0.158. The standard InChI is InChI=1S/C13H25NO4S/c1-5-13(2,3)12(15)18-11-8-6-10(7-9-11)14-19(4,16)17/h10-11,14H,5-9H2,1-4H3. The van der Waals surface area contributed by atoms with Crippen LogP contribution >= 0.6 is 0 Å². The average molecular weight is 291 g/mol. The van der Waals surface area contributed by atoms with Crippen LogP contribution in [-0.2, 0) is 19.6 Å². The maximum absolute atomic E-state index is 11.9. The summed E-state index contributed by atoms with van der Waals surface area (Å²) in [7, 11) is -3.15. The number of carbonyl (C=O) groups excluding carboxylic acids is 1. The molecule has 1 aliphatic carbocycles. The van der Waals surface area contributed by atoms with Crippen LogP contribution in [0.5, 0.6) is 0 Å². The summed E-state index contributed by atoms with van der Waals surface area (Å²) >= 11 is 0. The van der Waals surface area contributed by atoms with Crippen molar-refractivity contribution in [1.82, 2.24) is 4.72 Å². The van der Waals surface area contributed by atoms with E-state index in [4.69, 9.17) is 4.74 Å². The van der Waals surface area contributed by atoms with Crippen molar-refractivity contribution in [2.75, 3.05) is 6.26 Å². The molecule has 0 bridgehead atoms. The molecule has 0 spiro atoms. The van der Waals surface area contributed by atoms with Crippen LogP contribution in [-0.4, -0.2) is 32.8 Å². The number of hydrogen-bond acceptors (Lipinski definition) is 4. The van der Waals surface area contributed by atoms with Gasteiger partial charge in [-0.1, -0.05) is 6.92 Å². The molecule has 0 heterocycles. The average Bonchev–Trinajstić information content (AvgIpc) is 2.29. The van der Waals surface area contributed by atoms with Gasteiger partial charge in [-0.05, 0) is 46.0 Å². The molecule has 0 radical (unpaired) electrons. The predicted molar refractivity (Wildman–Crippen MR) is 74.2 cm³/mol. The second-order valence-electron chi connectivity index (χ2n) is 6.01. The summed E-state index contributed by atoms with van der Waals surface area (Å²) < 4.78 is 30.4. The normalized spacial score (nSPS) is 25.1. The van der Waals surface area contributed by atoms with Crippen LogP contribution in [0.3, 0.4) is 0 Å². The Balaban J connectivity index is 2.41. The molecule has 0 aromatic carbocycles. The van der Waals surface area contributed by atoms with Gasteiger partial charge in [0.1, 0.15) is 6.10 Å². The molecule has 1 rings (SSSR count). The Bertz CT molecular complexity index is 408. The third kappa shape index (κ3) is 5.48. The van der Waals surface area contributed by atoms with Crippen molar-refractivity contribution in [3.05, 3.63) is 0 Å². The van der Waals surface area contributed by atoms with Crippen molar-refractivity contribution in [2.45, 2.75) is 65.0 Å². The van der Waals surface area contributed by atoms with E-state index in [0.29, 0.717) is 0 Å². The van der Waals surface area contributed by atoms with E-state index < -0.39 is 15.4 Å². The number of nitrogens with one attached hydrogen (secondary N) is 1. The lowest BCUT2D eigenvalue weighted by atomic mass is 9.89. The fourth-order valence-electron chi connectivity index (χ4n) is 2.06. The Kier molecular flexibility index (Phi) is 5.38. The fourth-order valence-corrected chi connectivity index (χ4v) is 2.90. The highest BCUT2D eigenvalue weighted by molar-refractivity contribution is 7.88. The summed E-state index contributed by atoms with van der Waals surface area (Å²) in [5.41, 5.74) is -0.443. The maximum atomic E-state index is 11.9. The van der Waals surface area contributed by atoms with Crippen LogP contribution in [0.25, 0.3) is 0 Å². The van der Waals surface area contributed by atoms with Gasteiger partial charge < -0.3 is 4.74 Å². The van der Waals surface area contributed by atoms with E-state index in [2.05, 4.69) is 4.72 Å². The summed E-state index contributed by atoms with van der Waals surface area (Å²) in [6.45, 7) is 5.73. The van der Waals surface area contributed by atoms with E-state index in [1.807, 2.05) is 20.8 Å². The lowest BCUT2D eigenvalue weighted by Crippen LogP contribution is -2.40. The van der Waals surface area contributed by atoms with Crippen LogP contribution < -0.4 is 4.72 Å². The first-order chi connectivity index (χ1) is 8.64. The minimum atomic E-state index is -3.15. The minimum absolute atomic E-state index is 0.0239. The van der Waals surface area contributed by atoms with E-state index in [9.17, 15) is 13.2 Å². The van der Waals surface area contributed by atoms with Gasteiger partial charge in [-0.3, -0.25) is 4.79 Å². The first-order valence-corrected chi connectivity index (χ1v) is 8.71. The second-order valence-corrected chi connectivity index (χ2v) is 7.79. The lowest BCUT2D eigenvalue weighted by molar-refractivity contribution is -0.161. The second kappa shape index (κ2) is 6.22. The van der Waals surface area contributed by atoms with Crippen molar-refractivity contribution in [3.8, 4) is 0 Å². The van der Waals surface area contributed by atoms with Gasteiger partial charge in [0.25, 0.3) is 0 Å². The first-order valence-electron chi connectivity index (χ1n) is 6.82. The van der Waals surface area contributed by atoms with Crippen LogP contribution in [0.4, 0.5) is 0 Å². The number of hydrogen-bond donors (Lipinski definition) is 1. The molecule has 0 saturated heterocycles. The number of esters is 1. The molecule has 112 valence electrons. The molecule has 6 heteroatoms. The van der Waals surface area contributed by atoms with Crippen molar-refractivity contribution < 1.29 is 17.9 Å². The number of carbonyl (C=O) groups is 1. The van der Waals surface area contributed by atoms with E-state index in [-0.39, 0.29) is 18.1 Å². The largest absolute Gasteiger partial charge is 0.462 e. The lowest BCUT2D eigenvalue weighted by Gasteiger charge is -2.31. The van der Waals surface area contributed by atoms with E-state index in [1.54, 1.807) is 0 Å². The topological polar surface area (TPSA) is 72.5 Å². The highest BCUT2D eigenvalue weighted by Crippen LogP contribution is 2.27. The van der Waals surface area contributed by atoms with E-state index in [0.717, 1.165) is 32.1 Å². The number of ether oxygens (including phenoxy) is 1. The fraction of sp³-hybridized carbons (Fsp3) is 0.923. The van der Waals surface area contributed by atoms with E-state index >= 15 is 0 Å². The summed E-state index contributed by atoms with van der Waals surface area (Å²) in [6, 6.07) is -0.0239. The molecule has 0 aromatic rings. The third-order valence-electron chi connectivity index (χ3n) is 3.77. The van der Waals surface area contributed by atoms with Crippen molar-refractivity contribution in [2.24, 2.45) is 5.41 Å². The zero-order valence-electron chi connectivity index (χ0n) is 12.2. The maximum Gasteiger partial charge on any atom is 0.311 e. The highest BCUT2D eigenvalue weighted by Gasteiger charge is 2.31. The smallest absolute Gasteiger partial charge is 0.311 e. The molecule has 1 fully saturated rings. The molecule has 0 unspecified atom stereocenters. The van der Waals surface area contributed by atoms with Crippen LogP contribution in [0.1, 0.15) is 52.9 Å². The van der Waals surface area contributed by atoms with Crippen LogP contribution in [0.2, 0.25) is 0 Å². The summed E-state index contributed by atoms with van der Waals surface area (Å²) in [6.07, 6.45) is 4.72. The molecule has 0 amide bonds. The predicted octanol–water partition coefficient (Wildman–Crippen LogP) is 1.83. The zero-order valence-corrected chi connectivity index (χ0v) is 13.0. The van der Waals surface area contributed by atoms with Crippen LogP contribution in [0, 0.1) is 5.41 Å². The van der Waals surface area contributed by atoms with E-state index in [1.165, 1.54) is 6.26 Å². The van der Waals surface area contributed by atoms with Gasteiger partial charge in [0.05, 0.1) is 11.7 Å². The molecule has 19 heavy (non-hydrogen) atoms. The van der Waals surface area contributed by atoms with Gasteiger partial charge in [-0.25, -0.2) is 13.1 Å². The Morgan fingerprint density at radius 1 is 1.26 bits per heavy atom. The number of rotatable bonds is 5. The molecule has 1 aliphatic rings. The van der Waals surface area contributed by atoms with Crippen LogP contribution in [0.15, 0.2) is 0 Å². The van der Waals surface area contributed by atoms with Gasteiger partial charge in [0.15, 0.2) is 0 Å². The van der Waals surface area contributed by atoms with Crippen molar-refractivity contribution >= 4 is 16.0 Å². The van der Waals surface area contributed by atoms with Gasteiger partial charge in [0.2, 0.25) is 10.0 Å². The summed E-state index contributed by atoms with van der Waals surface area (Å²) in [5, 5.41) is 0. The molecule has 5 nitrogen and oxygen atoms in total. The highest BCUT2D eigenvalue weighted by atomic mass is 32.2. The quantitative estimate of drug-likeness (QED) is 0.784. The van der Waals surface area contributed by atoms with Crippen molar-refractivity contribution in [3.63, 3.8) is 0 Å². The number of sulfonamides is 1. The molecule has 1 saturated carbocycles. The molecular formula is C13H25NO4S. The summed E-state index contributed by atoms with van der Waals surface area (Å²) in [4.78, 5) is 11.9. The Labute approximate surface area is 116 Å².